The van der Waals surface area contributed by atoms with Crippen molar-refractivity contribution in [3.8, 4) is 11.3 Å². The largest absolute Gasteiger partial charge is 0.481 e. The highest BCUT2D eigenvalue weighted by molar-refractivity contribution is 5.87. The van der Waals surface area contributed by atoms with E-state index in [9.17, 15) is 14.4 Å². The van der Waals surface area contributed by atoms with Gasteiger partial charge in [-0.15, -0.1) is 0 Å². The van der Waals surface area contributed by atoms with Gasteiger partial charge in [0.15, 0.2) is 0 Å². The molecule has 0 unspecified atom stereocenters. The maximum Gasteiger partial charge on any atom is 0.331 e. The van der Waals surface area contributed by atoms with Gasteiger partial charge in [-0.2, -0.15) is 0 Å². The highest BCUT2D eigenvalue weighted by Crippen LogP contribution is 2.33. The van der Waals surface area contributed by atoms with Gasteiger partial charge in [-0.1, -0.05) is 52.0 Å². The van der Waals surface area contributed by atoms with Gasteiger partial charge in [0.1, 0.15) is 0 Å². The van der Waals surface area contributed by atoms with E-state index in [4.69, 9.17) is 10.1 Å². The van der Waals surface area contributed by atoms with E-state index >= 15 is 0 Å². The minimum atomic E-state index is -0.949. The summed E-state index contributed by atoms with van der Waals surface area (Å²) in [4.78, 5) is 42.2. The van der Waals surface area contributed by atoms with Crippen molar-refractivity contribution in [2.75, 3.05) is 0 Å². The molecule has 0 spiro atoms. The molecule has 0 bridgehead atoms. The Labute approximate surface area is 193 Å². The first-order valence-electron chi connectivity index (χ1n) is 11.6. The van der Waals surface area contributed by atoms with E-state index in [0.29, 0.717) is 23.2 Å². The van der Waals surface area contributed by atoms with Gasteiger partial charge in [0, 0.05) is 25.6 Å². The number of carboxylic acids is 1. The first-order valence-corrected chi connectivity index (χ1v) is 11.6. The molecule has 0 radical (unpaired) electrons. The van der Waals surface area contributed by atoms with Crippen LogP contribution >= 0.6 is 0 Å². The molecule has 0 saturated carbocycles. The predicted molar refractivity (Wildman–Crippen MR) is 131 cm³/mol. The first-order chi connectivity index (χ1) is 15.6. The number of aromatic nitrogens is 3. The van der Waals surface area contributed by atoms with Crippen LogP contribution in [-0.4, -0.2) is 25.2 Å². The Balaban J connectivity index is 2.34. The lowest BCUT2D eigenvalue weighted by molar-refractivity contribution is -0.137. The van der Waals surface area contributed by atoms with Gasteiger partial charge in [-0.25, -0.2) is 4.79 Å². The smallest absolute Gasteiger partial charge is 0.331 e. The zero-order chi connectivity index (χ0) is 24.3. The van der Waals surface area contributed by atoms with Crippen molar-refractivity contribution in [1.29, 1.82) is 0 Å². The molecule has 0 aliphatic rings. The summed E-state index contributed by atoms with van der Waals surface area (Å²) in [6.07, 6.45) is 3.26. The number of benzene rings is 1. The highest BCUT2D eigenvalue weighted by Gasteiger charge is 2.21. The molecule has 1 aromatic carbocycles. The van der Waals surface area contributed by atoms with Gasteiger partial charge in [-0.05, 0) is 42.2 Å². The molecule has 0 atom stereocenters. The summed E-state index contributed by atoms with van der Waals surface area (Å²) in [5.74, 6) is -0.238. The average molecular weight is 452 g/mol. The normalized spacial score (nSPS) is 11.6. The highest BCUT2D eigenvalue weighted by atomic mass is 16.4. The molecular formula is C26H33N3O4. The Morgan fingerprint density at radius 3 is 2.45 bits per heavy atom. The van der Waals surface area contributed by atoms with Crippen LogP contribution in [0.1, 0.15) is 64.0 Å². The van der Waals surface area contributed by atoms with Crippen molar-refractivity contribution >= 4 is 16.9 Å². The topological polar surface area (TPSA) is 94.2 Å². The van der Waals surface area contributed by atoms with Crippen LogP contribution in [-0.2, 0) is 24.8 Å². The summed E-state index contributed by atoms with van der Waals surface area (Å²) in [6, 6.07) is 8.11. The van der Waals surface area contributed by atoms with Crippen molar-refractivity contribution in [1.82, 2.24) is 14.1 Å². The molecular weight excluding hydrogens is 418 g/mol. The molecule has 0 aliphatic heterocycles. The maximum atomic E-state index is 13.6. The third kappa shape index (κ3) is 5.07. The molecule has 0 fully saturated rings. The Morgan fingerprint density at radius 2 is 1.82 bits per heavy atom. The fourth-order valence-electron chi connectivity index (χ4n) is 4.25. The number of fused-ring (bicyclic) bond motifs is 1. The van der Waals surface area contributed by atoms with Crippen LogP contribution in [0.5, 0.6) is 0 Å². The van der Waals surface area contributed by atoms with Crippen molar-refractivity contribution < 1.29 is 9.90 Å². The Hall–Kier alpha value is -3.22. The fourth-order valence-corrected chi connectivity index (χ4v) is 4.25. The molecule has 0 aliphatic carbocycles. The Bertz CT molecular complexity index is 1290. The molecule has 7 heteroatoms. The van der Waals surface area contributed by atoms with Crippen molar-refractivity contribution in [2.45, 2.75) is 65.8 Å². The van der Waals surface area contributed by atoms with Gasteiger partial charge < -0.3 is 5.11 Å². The lowest BCUT2D eigenvalue weighted by Gasteiger charge is -2.19. The van der Waals surface area contributed by atoms with Crippen LogP contribution in [0.2, 0.25) is 0 Å². The van der Waals surface area contributed by atoms with Crippen molar-refractivity contribution in [3.05, 3.63) is 62.4 Å². The summed E-state index contributed by atoms with van der Waals surface area (Å²) in [5, 5.41) is 9.47. The molecule has 3 rings (SSSR count). The van der Waals surface area contributed by atoms with E-state index in [1.807, 2.05) is 18.2 Å². The minimum Gasteiger partial charge on any atom is -0.481 e. The lowest BCUT2D eigenvalue weighted by atomic mass is 9.90. The summed E-state index contributed by atoms with van der Waals surface area (Å²) >= 11 is 0. The van der Waals surface area contributed by atoms with Crippen LogP contribution in [0.4, 0.5) is 0 Å². The SMILES string of the molecule is CC(C)CCc1c(-c2ccccc2C(C)C)ncc2c1c(=O)n(CCCC(=O)O)c(=O)n2C. The standard InChI is InChI=1S/C26H33N3O4/c1-16(2)12-13-20-23-21(15-27-24(20)19-10-7-6-9-18(19)17(3)4)28(5)26(33)29(25(23)32)14-8-11-22(30)31/h6-7,9-10,15-17H,8,11-14H2,1-5H3,(H,30,31). The Morgan fingerprint density at radius 1 is 1.12 bits per heavy atom. The summed E-state index contributed by atoms with van der Waals surface area (Å²) < 4.78 is 2.61. The van der Waals surface area contributed by atoms with Gasteiger partial charge in [0.2, 0.25) is 0 Å². The van der Waals surface area contributed by atoms with E-state index in [1.165, 1.54) is 9.13 Å². The van der Waals surface area contributed by atoms with Gasteiger partial charge in [0.05, 0.1) is 22.8 Å². The van der Waals surface area contributed by atoms with Crippen molar-refractivity contribution in [2.24, 2.45) is 13.0 Å². The van der Waals surface area contributed by atoms with Gasteiger partial charge >= 0.3 is 11.7 Å². The number of aryl methyl sites for hydroxylation is 2. The number of hydrogen-bond donors (Lipinski definition) is 1. The monoisotopic (exact) mass is 451 g/mol. The predicted octanol–water partition coefficient (Wildman–Crippen LogP) is 4.34. The van der Waals surface area contributed by atoms with E-state index in [2.05, 4.69) is 33.8 Å². The molecule has 0 amide bonds. The minimum absolute atomic E-state index is 0.0671. The zero-order valence-corrected chi connectivity index (χ0v) is 20.1. The molecule has 2 aromatic heterocycles. The van der Waals surface area contributed by atoms with E-state index in [-0.39, 0.29) is 30.9 Å². The second kappa shape index (κ2) is 10.1. The molecule has 7 nitrogen and oxygen atoms in total. The number of nitrogens with zero attached hydrogens (tertiary/aromatic N) is 3. The average Bonchev–Trinajstić information content (AvgIpc) is 2.77. The van der Waals surface area contributed by atoms with E-state index in [0.717, 1.165) is 28.8 Å². The number of pyridine rings is 1. The summed E-state index contributed by atoms with van der Waals surface area (Å²) in [6.45, 7) is 8.61. The molecule has 1 N–H and O–H groups in total. The fraction of sp³-hybridized carbons (Fsp3) is 0.462. The molecule has 2 heterocycles. The summed E-state index contributed by atoms with van der Waals surface area (Å²) in [5.41, 5.74) is 3.46. The van der Waals surface area contributed by atoms with Crippen LogP contribution in [0.25, 0.3) is 22.2 Å². The van der Waals surface area contributed by atoms with Gasteiger partial charge in [0.25, 0.3) is 5.56 Å². The molecule has 176 valence electrons. The van der Waals surface area contributed by atoms with Crippen molar-refractivity contribution in [3.63, 3.8) is 0 Å². The number of carboxylic acid groups (broad SMARTS) is 1. The van der Waals surface area contributed by atoms with Crippen LogP contribution in [0.15, 0.2) is 40.1 Å². The first kappa shape index (κ1) is 24.4. The van der Waals surface area contributed by atoms with Gasteiger partial charge in [-0.3, -0.25) is 23.7 Å². The van der Waals surface area contributed by atoms with Crippen LogP contribution in [0, 0.1) is 5.92 Å². The Kier molecular flexibility index (Phi) is 7.51. The number of rotatable bonds is 9. The molecule has 0 saturated heterocycles. The third-order valence-electron chi connectivity index (χ3n) is 6.08. The maximum absolute atomic E-state index is 13.6. The lowest BCUT2D eigenvalue weighted by Crippen LogP contribution is -2.39. The van der Waals surface area contributed by atoms with Crippen LogP contribution in [0.3, 0.4) is 0 Å². The van der Waals surface area contributed by atoms with Crippen LogP contribution < -0.4 is 11.2 Å². The van der Waals surface area contributed by atoms with E-state index < -0.39 is 11.7 Å². The third-order valence-corrected chi connectivity index (χ3v) is 6.08. The number of hydrogen-bond acceptors (Lipinski definition) is 4. The second-order valence-corrected chi connectivity index (χ2v) is 9.32. The molecule has 3 aromatic rings. The zero-order valence-electron chi connectivity index (χ0n) is 20.1. The van der Waals surface area contributed by atoms with E-state index in [1.54, 1.807) is 13.2 Å². The number of aliphatic carboxylic acids is 1. The second-order valence-electron chi connectivity index (χ2n) is 9.32. The number of carbonyl (C=O) groups is 1. The summed E-state index contributed by atoms with van der Waals surface area (Å²) in [7, 11) is 1.63. The molecule has 33 heavy (non-hydrogen) atoms. The quantitative estimate of drug-likeness (QED) is 0.522.